The summed E-state index contributed by atoms with van der Waals surface area (Å²) in [4.78, 5) is 73.0. The highest BCUT2D eigenvalue weighted by atomic mass is 16.5. The summed E-state index contributed by atoms with van der Waals surface area (Å²) >= 11 is 0. The van der Waals surface area contributed by atoms with Crippen molar-refractivity contribution in [1.29, 1.82) is 0 Å². The number of nitrogens with zero attached hydrogens (tertiary/aromatic N) is 4. The standard InChI is InChI=1S/C47H58N8O8/c1-9-26(5)40(53-47(59)62-8)45(57)54-20-25(4)14-36(54)42-48-19-35(50-42)29-10-12-31-30(16-29)23-63-38-18-32-28(17-33(31)38)11-13-34-41(32)51-43(49-34)37-15-27(22-60-6)21-55(37)44(56)39(24(2)3)52-46(58)61-7/h10-13,16-19,24-27,36-37,39-40H,9,14-15,20-23H2,1-8H3,(H,48,50)(H,49,51)(H,52,58)(H,53,59)/t25-,26-,27-,36?,37-,39-,40-/m0/s1. The number of alkyl carbamates (subject to hydrolysis) is 2. The van der Waals surface area contributed by atoms with Gasteiger partial charge in [-0.25, -0.2) is 19.6 Å². The Hall–Kier alpha value is -6.16. The number of H-pyrrole nitrogens is 2. The second kappa shape index (κ2) is 17.9. The fraction of sp³-hybridized carbons (Fsp3) is 0.489. The van der Waals surface area contributed by atoms with Crippen LogP contribution in [-0.2, 0) is 30.4 Å². The zero-order chi connectivity index (χ0) is 44.7. The molecule has 0 spiro atoms. The molecule has 4 amide bonds. The number of carbonyl (C=O) groups excluding carboxylic acids is 4. The maximum atomic E-state index is 14.1. The summed E-state index contributed by atoms with van der Waals surface area (Å²) in [5.41, 5.74) is 6.52. The topological polar surface area (TPSA) is 193 Å². The van der Waals surface area contributed by atoms with Gasteiger partial charge in [-0.15, -0.1) is 0 Å². The minimum absolute atomic E-state index is 0.0789. The Kier molecular flexibility index (Phi) is 12.4. The molecule has 0 radical (unpaired) electrons. The van der Waals surface area contributed by atoms with Crippen molar-refractivity contribution >= 4 is 45.8 Å². The van der Waals surface area contributed by atoms with Crippen LogP contribution in [0.1, 0.15) is 83.2 Å². The molecule has 3 aliphatic rings. The first-order chi connectivity index (χ1) is 30.3. The SMILES string of the molecule is CC[C@H](C)[C@H](NC(=O)OC)C(=O)N1C[C@@H](C)CC1c1ncc(-c2ccc3c(c2)COc2cc4c(ccc5nc([C@@H]6C[C@H](COC)CN6C(=O)[C@@H](NC(=O)OC)C(C)C)[nH]c54)cc2-3)[nH]1. The Morgan fingerprint density at radius 2 is 1.57 bits per heavy atom. The molecule has 4 N–H and O–H groups in total. The summed E-state index contributed by atoms with van der Waals surface area (Å²) in [6, 6.07) is 12.5. The zero-order valence-corrected chi connectivity index (χ0v) is 37.2. The van der Waals surface area contributed by atoms with E-state index in [2.05, 4.69) is 63.9 Å². The first-order valence-electron chi connectivity index (χ1n) is 21.9. The van der Waals surface area contributed by atoms with Crippen LogP contribution in [0.4, 0.5) is 9.59 Å². The number of rotatable bonds is 12. The number of aromatic nitrogens is 4. The van der Waals surface area contributed by atoms with Crippen LogP contribution in [-0.4, -0.2) is 107 Å². The lowest BCUT2D eigenvalue weighted by Gasteiger charge is -2.30. The Morgan fingerprint density at radius 3 is 2.29 bits per heavy atom. The van der Waals surface area contributed by atoms with Crippen molar-refractivity contribution in [1.82, 2.24) is 40.4 Å². The molecule has 0 bridgehead atoms. The van der Waals surface area contributed by atoms with Crippen molar-refractivity contribution in [3.63, 3.8) is 0 Å². The van der Waals surface area contributed by atoms with E-state index in [0.29, 0.717) is 44.4 Å². The summed E-state index contributed by atoms with van der Waals surface area (Å²) in [6.45, 7) is 11.8. The van der Waals surface area contributed by atoms with Crippen molar-refractivity contribution in [3.05, 3.63) is 65.9 Å². The van der Waals surface area contributed by atoms with Crippen LogP contribution in [0.25, 0.3) is 44.2 Å². The summed E-state index contributed by atoms with van der Waals surface area (Å²) < 4.78 is 21.6. The Labute approximate surface area is 366 Å². The molecule has 5 heterocycles. The van der Waals surface area contributed by atoms with Crippen LogP contribution >= 0.6 is 0 Å². The van der Waals surface area contributed by atoms with E-state index in [1.165, 1.54) is 14.2 Å². The van der Waals surface area contributed by atoms with Gasteiger partial charge >= 0.3 is 12.2 Å². The molecule has 7 atom stereocenters. The Balaban J connectivity index is 1.05. The van der Waals surface area contributed by atoms with Crippen molar-refractivity contribution in [2.75, 3.05) is 41.0 Å². The summed E-state index contributed by atoms with van der Waals surface area (Å²) in [5, 5.41) is 7.47. The third-order valence-corrected chi connectivity index (χ3v) is 13.1. The molecule has 63 heavy (non-hydrogen) atoms. The summed E-state index contributed by atoms with van der Waals surface area (Å²) in [6.07, 6.45) is 2.67. The van der Waals surface area contributed by atoms with E-state index < -0.39 is 24.3 Å². The first-order valence-corrected chi connectivity index (χ1v) is 21.9. The van der Waals surface area contributed by atoms with Crippen molar-refractivity contribution in [3.8, 4) is 28.1 Å². The third-order valence-electron chi connectivity index (χ3n) is 13.1. The number of hydrogen-bond acceptors (Lipinski definition) is 10. The molecule has 3 aliphatic heterocycles. The smallest absolute Gasteiger partial charge is 0.407 e. The molecule has 2 saturated heterocycles. The van der Waals surface area contributed by atoms with Crippen LogP contribution in [0.3, 0.4) is 0 Å². The number of likely N-dealkylation sites (tertiary alicyclic amines) is 2. The highest BCUT2D eigenvalue weighted by Crippen LogP contribution is 2.44. The molecular formula is C47H58N8O8. The predicted octanol–water partition coefficient (Wildman–Crippen LogP) is 7.26. The number of methoxy groups -OCH3 is 3. The fourth-order valence-electron chi connectivity index (χ4n) is 9.55. The van der Waals surface area contributed by atoms with Crippen LogP contribution in [0.5, 0.6) is 5.75 Å². The maximum absolute atomic E-state index is 14.1. The molecule has 334 valence electrons. The van der Waals surface area contributed by atoms with Crippen molar-refractivity contribution in [2.24, 2.45) is 23.7 Å². The van der Waals surface area contributed by atoms with Crippen LogP contribution in [0.15, 0.2) is 48.7 Å². The third kappa shape index (κ3) is 8.40. The number of nitrogens with one attached hydrogen (secondary N) is 4. The number of amides is 4. The molecule has 8 rings (SSSR count). The van der Waals surface area contributed by atoms with Gasteiger partial charge in [0.2, 0.25) is 11.8 Å². The molecule has 2 aromatic heterocycles. The second-order valence-electron chi connectivity index (χ2n) is 17.8. The van der Waals surface area contributed by atoms with Crippen molar-refractivity contribution < 1.29 is 38.1 Å². The van der Waals surface area contributed by atoms with Crippen molar-refractivity contribution in [2.45, 2.75) is 84.7 Å². The maximum Gasteiger partial charge on any atom is 0.407 e. The van der Waals surface area contributed by atoms with Gasteiger partial charge in [-0.2, -0.15) is 0 Å². The van der Waals surface area contributed by atoms with E-state index in [1.807, 2.05) is 49.8 Å². The zero-order valence-electron chi connectivity index (χ0n) is 37.2. The van der Waals surface area contributed by atoms with Gasteiger partial charge in [0, 0.05) is 37.1 Å². The molecule has 1 unspecified atom stereocenters. The first kappa shape index (κ1) is 43.5. The van der Waals surface area contributed by atoms with Crippen LogP contribution in [0, 0.1) is 23.7 Å². The van der Waals surface area contributed by atoms with Crippen LogP contribution in [0.2, 0.25) is 0 Å². The normalized spacial score (nSPS) is 20.8. The Bertz CT molecular complexity index is 2530. The highest BCUT2D eigenvalue weighted by Gasteiger charge is 2.43. The minimum Gasteiger partial charge on any atom is -0.488 e. The molecule has 16 nitrogen and oxygen atoms in total. The molecule has 5 aromatic rings. The van der Waals surface area contributed by atoms with Gasteiger partial charge in [0.15, 0.2) is 0 Å². The molecular weight excluding hydrogens is 805 g/mol. The average Bonchev–Trinajstić information content (AvgIpc) is 4.11. The van der Waals surface area contributed by atoms with Gasteiger partial charge in [-0.05, 0) is 76.9 Å². The monoisotopic (exact) mass is 862 g/mol. The number of ether oxygens (including phenoxy) is 4. The number of hydrogen-bond donors (Lipinski definition) is 4. The highest BCUT2D eigenvalue weighted by molar-refractivity contribution is 6.07. The number of aromatic amines is 2. The Morgan fingerprint density at radius 1 is 0.857 bits per heavy atom. The largest absolute Gasteiger partial charge is 0.488 e. The fourth-order valence-corrected chi connectivity index (χ4v) is 9.55. The predicted molar refractivity (Wildman–Crippen MR) is 237 cm³/mol. The second-order valence-corrected chi connectivity index (χ2v) is 17.8. The lowest BCUT2D eigenvalue weighted by molar-refractivity contribution is -0.136. The van der Waals surface area contributed by atoms with E-state index in [4.69, 9.17) is 28.9 Å². The number of benzene rings is 3. The number of imidazole rings is 2. The quantitative estimate of drug-likeness (QED) is 0.0992. The molecule has 0 aliphatic carbocycles. The summed E-state index contributed by atoms with van der Waals surface area (Å²) in [5.74, 6) is 1.93. The number of carbonyl (C=O) groups is 4. The van der Waals surface area contributed by atoms with E-state index in [9.17, 15) is 19.2 Å². The van der Waals surface area contributed by atoms with Gasteiger partial charge in [0.25, 0.3) is 0 Å². The molecule has 16 heteroatoms. The van der Waals surface area contributed by atoms with E-state index >= 15 is 0 Å². The minimum atomic E-state index is -0.762. The molecule has 3 aromatic carbocycles. The van der Waals surface area contributed by atoms with Crippen LogP contribution < -0.4 is 15.4 Å². The van der Waals surface area contributed by atoms with Gasteiger partial charge in [-0.1, -0.05) is 59.2 Å². The van der Waals surface area contributed by atoms with E-state index in [1.54, 1.807) is 7.11 Å². The lowest BCUT2D eigenvalue weighted by Crippen LogP contribution is -2.51. The van der Waals surface area contributed by atoms with Gasteiger partial charge < -0.3 is 49.3 Å². The lowest BCUT2D eigenvalue weighted by atomic mass is 9.92. The molecule has 0 saturated carbocycles. The van der Waals surface area contributed by atoms with E-state index in [-0.39, 0.29) is 47.6 Å². The molecule has 2 fully saturated rings. The van der Waals surface area contributed by atoms with E-state index in [0.717, 1.165) is 68.3 Å². The summed E-state index contributed by atoms with van der Waals surface area (Å²) in [7, 11) is 4.25. The average molecular weight is 863 g/mol. The van der Waals surface area contributed by atoms with Gasteiger partial charge in [-0.3, -0.25) is 9.59 Å². The van der Waals surface area contributed by atoms with Gasteiger partial charge in [0.05, 0.1) is 55.8 Å². The van der Waals surface area contributed by atoms with Gasteiger partial charge in [0.1, 0.15) is 36.1 Å². The number of fused-ring (bicyclic) bond motifs is 6.